The number of carbonyl (C=O) groups excluding carboxylic acids is 2. The maximum Gasteiger partial charge on any atom is 0.309 e. The van der Waals surface area contributed by atoms with Crippen LogP contribution < -0.4 is 0 Å². The second-order valence-corrected chi connectivity index (χ2v) is 4.35. The van der Waals surface area contributed by atoms with Crippen molar-refractivity contribution in [2.75, 3.05) is 20.2 Å². The van der Waals surface area contributed by atoms with Gasteiger partial charge in [0, 0.05) is 13.1 Å². The highest BCUT2D eigenvalue weighted by atomic mass is 16.5. The summed E-state index contributed by atoms with van der Waals surface area (Å²) in [6.07, 6.45) is 3.84. The summed E-state index contributed by atoms with van der Waals surface area (Å²) in [4.78, 5) is 25.2. The normalized spacial score (nSPS) is 29.8. The SMILES string of the molecule is COC(=O)C1CCC1C(=O)N1CCCC1. The van der Waals surface area contributed by atoms with Crippen molar-refractivity contribution in [3.05, 3.63) is 0 Å². The first kappa shape index (κ1) is 10.5. The third-order valence-corrected chi connectivity index (χ3v) is 3.51. The minimum Gasteiger partial charge on any atom is -0.469 e. The van der Waals surface area contributed by atoms with Gasteiger partial charge in [0.05, 0.1) is 18.9 Å². The first-order valence-electron chi connectivity index (χ1n) is 5.60. The molecule has 2 rings (SSSR count). The molecule has 1 saturated carbocycles. The number of carbonyl (C=O) groups is 2. The Bertz CT molecular complexity index is 271. The Morgan fingerprint density at radius 1 is 1.13 bits per heavy atom. The van der Waals surface area contributed by atoms with Gasteiger partial charge in [0.15, 0.2) is 0 Å². The van der Waals surface area contributed by atoms with E-state index in [-0.39, 0.29) is 23.7 Å². The highest BCUT2D eigenvalue weighted by molar-refractivity contribution is 5.87. The van der Waals surface area contributed by atoms with Crippen molar-refractivity contribution in [1.29, 1.82) is 0 Å². The van der Waals surface area contributed by atoms with Gasteiger partial charge in [0.2, 0.25) is 5.91 Å². The summed E-state index contributed by atoms with van der Waals surface area (Å²) in [6, 6.07) is 0. The van der Waals surface area contributed by atoms with Gasteiger partial charge in [-0.05, 0) is 25.7 Å². The first-order chi connectivity index (χ1) is 7.24. The summed E-state index contributed by atoms with van der Waals surface area (Å²) in [6.45, 7) is 1.73. The number of amides is 1. The molecular formula is C11H17NO3. The molecule has 15 heavy (non-hydrogen) atoms. The summed E-state index contributed by atoms with van der Waals surface area (Å²) >= 11 is 0. The highest BCUT2D eigenvalue weighted by Crippen LogP contribution is 2.37. The zero-order valence-corrected chi connectivity index (χ0v) is 9.07. The Labute approximate surface area is 89.6 Å². The molecule has 0 aromatic carbocycles. The van der Waals surface area contributed by atoms with Gasteiger partial charge >= 0.3 is 5.97 Å². The van der Waals surface area contributed by atoms with E-state index in [0.29, 0.717) is 0 Å². The molecule has 0 radical (unpaired) electrons. The monoisotopic (exact) mass is 211 g/mol. The molecule has 4 heteroatoms. The van der Waals surface area contributed by atoms with Gasteiger partial charge in [0.25, 0.3) is 0 Å². The number of esters is 1. The van der Waals surface area contributed by atoms with Crippen LogP contribution in [0.5, 0.6) is 0 Å². The Kier molecular flexibility index (Phi) is 2.93. The molecule has 4 nitrogen and oxygen atoms in total. The van der Waals surface area contributed by atoms with Gasteiger partial charge < -0.3 is 9.64 Å². The van der Waals surface area contributed by atoms with Crippen LogP contribution in [0, 0.1) is 11.8 Å². The number of ether oxygens (including phenoxy) is 1. The van der Waals surface area contributed by atoms with Crippen molar-refractivity contribution in [3.8, 4) is 0 Å². The molecular weight excluding hydrogens is 194 g/mol. The number of hydrogen-bond donors (Lipinski definition) is 0. The summed E-state index contributed by atoms with van der Waals surface area (Å²) < 4.78 is 4.69. The zero-order valence-electron chi connectivity index (χ0n) is 9.07. The summed E-state index contributed by atoms with van der Waals surface area (Å²) in [5, 5.41) is 0. The second-order valence-electron chi connectivity index (χ2n) is 4.35. The van der Waals surface area contributed by atoms with Crippen molar-refractivity contribution in [3.63, 3.8) is 0 Å². The largest absolute Gasteiger partial charge is 0.469 e. The zero-order chi connectivity index (χ0) is 10.8. The number of nitrogens with zero attached hydrogens (tertiary/aromatic N) is 1. The lowest BCUT2D eigenvalue weighted by Gasteiger charge is -2.35. The molecule has 2 fully saturated rings. The van der Waals surface area contributed by atoms with Crippen LogP contribution in [-0.2, 0) is 14.3 Å². The standard InChI is InChI=1S/C11H17NO3/c1-15-11(14)9-5-4-8(9)10(13)12-6-2-3-7-12/h8-9H,2-7H2,1H3. The fourth-order valence-corrected chi connectivity index (χ4v) is 2.40. The van der Waals surface area contributed by atoms with Crippen LogP contribution in [0.1, 0.15) is 25.7 Å². The average molecular weight is 211 g/mol. The molecule has 2 aliphatic rings. The van der Waals surface area contributed by atoms with E-state index in [0.717, 1.165) is 38.8 Å². The third kappa shape index (κ3) is 1.85. The van der Waals surface area contributed by atoms with E-state index in [1.54, 1.807) is 0 Å². The van der Waals surface area contributed by atoms with Crippen molar-refractivity contribution in [1.82, 2.24) is 4.90 Å². The molecule has 0 spiro atoms. The number of likely N-dealkylation sites (tertiary alicyclic amines) is 1. The van der Waals surface area contributed by atoms with E-state index in [1.807, 2.05) is 4.90 Å². The number of methoxy groups -OCH3 is 1. The van der Waals surface area contributed by atoms with Crippen molar-refractivity contribution in [2.45, 2.75) is 25.7 Å². The fourth-order valence-electron chi connectivity index (χ4n) is 2.40. The Balaban J connectivity index is 1.93. The van der Waals surface area contributed by atoms with Crippen LogP contribution in [0.3, 0.4) is 0 Å². The number of hydrogen-bond acceptors (Lipinski definition) is 3. The Hall–Kier alpha value is -1.06. The van der Waals surface area contributed by atoms with Crippen LogP contribution >= 0.6 is 0 Å². The Morgan fingerprint density at radius 3 is 2.20 bits per heavy atom. The van der Waals surface area contributed by atoms with Crippen LogP contribution in [0.15, 0.2) is 0 Å². The molecule has 2 unspecified atom stereocenters. The van der Waals surface area contributed by atoms with Gasteiger partial charge in [-0.15, -0.1) is 0 Å². The fraction of sp³-hybridized carbons (Fsp3) is 0.818. The van der Waals surface area contributed by atoms with Gasteiger partial charge in [-0.2, -0.15) is 0 Å². The maximum absolute atomic E-state index is 12.0. The molecule has 0 bridgehead atoms. The van der Waals surface area contributed by atoms with Crippen LogP contribution in [0.2, 0.25) is 0 Å². The summed E-state index contributed by atoms with van der Waals surface area (Å²) in [7, 11) is 1.39. The summed E-state index contributed by atoms with van der Waals surface area (Å²) in [5.41, 5.74) is 0. The summed E-state index contributed by atoms with van der Waals surface area (Å²) in [5.74, 6) is -0.341. The minimum atomic E-state index is -0.223. The predicted octanol–water partition coefficient (Wildman–Crippen LogP) is 0.808. The molecule has 84 valence electrons. The van der Waals surface area contributed by atoms with Crippen molar-refractivity contribution >= 4 is 11.9 Å². The molecule has 1 amide bonds. The van der Waals surface area contributed by atoms with E-state index >= 15 is 0 Å². The van der Waals surface area contributed by atoms with Crippen molar-refractivity contribution in [2.24, 2.45) is 11.8 Å². The van der Waals surface area contributed by atoms with Crippen LogP contribution in [0.25, 0.3) is 0 Å². The molecule has 0 aromatic rings. The highest BCUT2D eigenvalue weighted by Gasteiger charge is 2.43. The van der Waals surface area contributed by atoms with Crippen molar-refractivity contribution < 1.29 is 14.3 Å². The molecule has 0 aromatic heterocycles. The lowest BCUT2D eigenvalue weighted by atomic mass is 9.73. The molecule has 1 saturated heterocycles. The lowest BCUT2D eigenvalue weighted by molar-refractivity contribution is -0.158. The van der Waals surface area contributed by atoms with E-state index in [1.165, 1.54) is 7.11 Å². The van der Waals surface area contributed by atoms with E-state index in [2.05, 4.69) is 4.74 Å². The van der Waals surface area contributed by atoms with Crippen LogP contribution in [-0.4, -0.2) is 37.0 Å². The van der Waals surface area contributed by atoms with Gasteiger partial charge in [-0.3, -0.25) is 9.59 Å². The minimum absolute atomic E-state index is 0.101. The molecule has 0 N–H and O–H groups in total. The van der Waals surface area contributed by atoms with Crippen LogP contribution in [0.4, 0.5) is 0 Å². The third-order valence-electron chi connectivity index (χ3n) is 3.51. The molecule has 1 aliphatic heterocycles. The Morgan fingerprint density at radius 2 is 1.73 bits per heavy atom. The molecule has 1 heterocycles. The number of rotatable bonds is 2. The van der Waals surface area contributed by atoms with E-state index in [4.69, 9.17) is 0 Å². The first-order valence-corrected chi connectivity index (χ1v) is 5.60. The van der Waals surface area contributed by atoms with Gasteiger partial charge in [-0.25, -0.2) is 0 Å². The maximum atomic E-state index is 12.0. The topological polar surface area (TPSA) is 46.6 Å². The van der Waals surface area contributed by atoms with Gasteiger partial charge in [-0.1, -0.05) is 0 Å². The molecule has 1 aliphatic carbocycles. The van der Waals surface area contributed by atoms with Gasteiger partial charge in [0.1, 0.15) is 0 Å². The molecule has 2 atom stereocenters. The quantitative estimate of drug-likeness (QED) is 0.635. The predicted molar refractivity (Wildman–Crippen MR) is 54.0 cm³/mol. The van der Waals surface area contributed by atoms with E-state index in [9.17, 15) is 9.59 Å². The smallest absolute Gasteiger partial charge is 0.309 e. The van der Waals surface area contributed by atoms with E-state index < -0.39 is 0 Å². The average Bonchev–Trinajstić information content (AvgIpc) is 2.68. The second kappa shape index (κ2) is 4.21. The lowest BCUT2D eigenvalue weighted by Crippen LogP contribution is -2.45.